The van der Waals surface area contributed by atoms with Gasteiger partial charge < -0.3 is 10.6 Å². The van der Waals surface area contributed by atoms with Gasteiger partial charge in [-0.2, -0.15) is 8.42 Å². The Morgan fingerprint density at radius 2 is 2.16 bits per heavy atom. The van der Waals surface area contributed by atoms with Crippen LogP contribution in [0, 0.1) is 5.92 Å². The number of nitrogen functional groups attached to an aromatic ring is 1. The molecule has 1 amide bonds. The normalized spacial score (nSPS) is 20.0. The Labute approximate surface area is 115 Å². The van der Waals surface area contributed by atoms with E-state index in [1.165, 1.54) is 4.90 Å². The molecule has 1 atom stereocenters. The fourth-order valence-corrected chi connectivity index (χ4v) is 3.12. The highest BCUT2D eigenvalue weighted by Gasteiger charge is 2.34. The lowest BCUT2D eigenvalue weighted by Crippen LogP contribution is -2.26. The van der Waals surface area contributed by atoms with Crippen LogP contribution >= 0.6 is 11.6 Å². The standard InChI is InChI=1S/C11H12ClFN2O3S/c12-8-2-1-3-9(11(8)14)15-5-7(4-10(15)16)6-19(13,17)18/h1-3,7H,4-6,14H2. The third-order valence-electron chi connectivity index (χ3n) is 2.96. The predicted octanol–water partition coefficient (Wildman–Crippen LogP) is 1.57. The second kappa shape index (κ2) is 4.97. The van der Waals surface area contributed by atoms with Crippen molar-refractivity contribution in [1.29, 1.82) is 0 Å². The molecule has 1 aromatic rings. The number of nitrogens with zero attached hydrogens (tertiary/aromatic N) is 1. The van der Waals surface area contributed by atoms with Gasteiger partial charge in [-0.05, 0) is 12.1 Å². The van der Waals surface area contributed by atoms with Crippen LogP contribution < -0.4 is 10.6 Å². The Morgan fingerprint density at radius 1 is 1.47 bits per heavy atom. The first-order valence-electron chi connectivity index (χ1n) is 5.54. The summed E-state index contributed by atoms with van der Waals surface area (Å²) in [5.41, 5.74) is 6.46. The number of rotatable bonds is 3. The molecule has 0 bridgehead atoms. The average molecular weight is 307 g/mol. The van der Waals surface area contributed by atoms with Gasteiger partial charge in [-0.3, -0.25) is 4.79 Å². The summed E-state index contributed by atoms with van der Waals surface area (Å²) in [6.07, 6.45) is -0.0187. The number of carbonyl (C=O) groups is 1. The number of nitrogens with two attached hydrogens (primary N) is 1. The van der Waals surface area contributed by atoms with Crippen molar-refractivity contribution in [3.05, 3.63) is 23.2 Å². The third kappa shape index (κ3) is 3.16. The van der Waals surface area contributed by atoms with Crippen molar-refractivity contribution in [3.63, 3.8) is 0 Å². The number of benzene rings is 1. The van der Waals surface area contributed by atoms with Crippen LogP contribution in [0.5, 0.6) is 0 Å². The summed E-state index contributed by atoms with van der Waals surface area (Å²) in [5, 5.41) is 0.312. The number of hydrogen-bond donors (Lipinski definition) is 1. The van der Waals surface area contributed by atoms with Gasteiger partial charge in [0.25, 0.3) is 0 Å². The maximum absolute atomic E-state index is 12.6. The topological polar surface area (TPSA) is 80.5 Å². The van der Waals surface area contributed by atoms with Crippen LogP contribution in [0.15, 0.2) is 18.2 Å². The van der Waals surface area contributed by atoms with E-state index < -0.39 is 21.9 Å². The van der Waals surface area contributed by atoms with E-state index >= 15 is 0 Å². The molecule has 5 nitrogen and oxygen atoms in total. The van der Waals surface area contributed by atoms with Crippen LogP contribution in [0.25, 0.3) is 0 Å². The monoisotopic (exact) mass is 306 g/mol. The van der Waals surface area contributed by atoms with E-state index in [9.17, 15) is 17.1 Å². The fraction of sp³-hybridized carbons (Fsp3) is 0.364. The largest absolute Gasteiger partial charge is 0.396 e. The number of amides is 1. The molecular formula is C11H12ClFN2O3S. The van der Waals surface area contributed by atoms with Crippen molar-refractivity contribution in [1.82, 2.24) is 0 Å². The zero-order valence-electron chi connectivity index (χ0n) is 9.84. The molecular weight excluding hydrogens is 295 g/mol. The molecule has 0 saturated carbocycles. The Hall–Kier alpha value is -1.34. The summed E-state index contributed by atoms with van der Waals surface area (Å²) in [7, 11) is -4.59. The van der Waals surface area contributed by atoms with Crippen LogP contribution in [0.4, 0.5) is 15.3 Å². The predicted molar refractivity (Wildman–Crippen MR) is 71.2 cm³/mol. The summed E-state index contributed by atoms with van der Waals surface area (Å²) in [4.78, 5) is 13.2. The molecule has 0 spiro atoms. The van der Waals surface area contributed by atoms with Crippen LogP contribution in [0.3, 0.4) is 0 Å². The van der Waals surface area contributed by atoms with Crippen molar-refractivity contribution < 1.29 is 17.1 Å². The van der Waals surface area contributed by atoms with Crippen molar-refractivity contribution in [2.24, 2.45) is 5.92 Å². The van der Waals surface area contributed by atoms with Gasteiger partial charge in [-0.1, -0.05) is 17.7 Å². The number of para-hydroxylation sites is 1. The minimum atomic E-state index is -4.59. The van der Waals surface area contributed by atoms with Crippen LogP contribution in [0.2, 0.25) is 5.02 Å². The minimum absolute atomic E-state index is 0.0187. The average Bonchev–Trinajstić information content (AvgIpc) is 2.61. The van der Waals surface area contributed by atoms with Gasteiger partial charge in [-0.25, -0.2) is 0 Å². The Kier molecular flexibility index (Phi) is 3.69. The maximum atomic E-state index is 12.6. The molecule has 19 heavy (non-hydrogen) atoms. The van der Waals surface area contributed by atoms with Gasteiger partial charge in [0.15, 0.2) is 0 Å². The second-order valence-electron chi connectivity index (χ2n) is 4.45. The van der Waals surface area contributed by atoms with Crippen LogP contribution in [-0.4, -0.2) is 26.6 Å². The van der Waals surface area contributed by atoms with Crippen LogP contribution in [0.1, 0.15) is 6.42 Å². The lowest BCUT2D eigenvalue weighted by molar-refractivity contribution is -0.117. The van der Waals surface area contributed by atoms with E-state index in [4.69, 9.17) is 17.3 Å². The molecule has 1 aliphatic rings. The molecule has 0 aliphatic carbocycles. The molecule has 1 aromatic carbocycles. The lowest BCUT2D eigenvalue weighted by Gasteiger charge is -2.19. The molecule has 0 aromatic heterocycles. The highest BCUT2D eigenvalue weighted by molar-refractivity contribution is 7.86. The molecule has 1 aliphatic heterocycles. The molecule has 1 saturated heterocycles. The van der Waals surface area contributed by atoms with Gasteiger partial charge in [-0.15, -0.1) is 3.89 Å². The van der Waals surface area contributed by atoms with Gasteiger partial charge in [0.1, 0.15) is 0 Å². The highest BCUT2D eigenvalue weighted by Crippen LogP contribution is 2.34. The highest BCUT2D eigenvalue weighted by atomic mass is 35.5. The van der Waals surface area contributed by atoms with Gasteiger partial charge in [0.05, 0.1) is 22.2 Å². The van der Waals surface area contributed by atoms with E-state index in [0.717, 1.165) is 0 Å². The van der Waals surface area contributed by atoms with E-state index in [1.54, 1.807) is 18.2 Å². The van der Waals surface area contributed by atoms with Crippen LogP contribution in [-0.2, 0) is 15.0 Å². The van der Waals surface area contributed by atoms with E-state index in [1.807, 2.05) is 0 Å². The van der Waals surface area contributed by atoms with Gasteiger partial charge in [0.2, 0.25) is 5.91 Å². The first kappa shape index (κ1) is 14.1. The molecule has 1 unspecified atom stereocenters. The summed E-state index contributed by atoms with van der Waals surface area (Å²) in [6.45, 7) is 0.118. The van der Waals surface area contributed by atoms with E-state index in [0.29, 0.717) is 10.7 Å². The number of anilines is 2. The maximum Gasteiger partial charge on any atom is 0.302 e. The number of halogens is 2. The summed E-state index contributed by atoms with van der Waals surface area (Å²) >= 11 is 5.86. The summed E-state index contributed by atoms with van der Waals surface area (Å²) in [5.74, 6) is -1.51. The SMILES string of the molecule is Nc1c(Cl)cccc1N1CC(CS(=O)(=O)F)CC1=O. The lowest BCUT2D eigenvalue weighted by atomic mass is 10.1. The Balaban J connectivity index is 2.23. The number of hydrogen-bond acceptors (Lipinski definition) is 4. The van der Waals surface area contributed by atoms with Gasteiger partial charge >= 0.3 is 10.2 Å². The molecule has 1 fully saturated rings. The van der Waals surface area contributed by atoms with E-state index in [-0.39, 0.29) is 24.6 Å². The quantitative estimate of drug-likeness (QED) is 0.679. The first-order valence-corrected chi connectivity index (χ1v) is 7.47. The Bertz CT molecular complexity index is 620. The van der Waals surface area contributed by atoms with Gasteiger partial charge in [0, 0.05) is 18.9 Å². The third-order valence-corrected chi connectivity index (χ3v) is 4.16. The zero-order valence-corrected chi connectivity index (χ0v) is 11.4. The molecule has 2 rings (SSSR count). The fourth-order valence-electron chi connectivity index (χ4n) is 2.17. The van der Waals surface area contributed by atoms with E-state index in [2.05, 4.69) is 0 Å². The van der Waals surface area contributed by atoms with Crippen molar-refractivity contribution in [2.45, 2.75) is 6.42 Å². The number of carbonyl (C=O) groups excluding carboxylic acids is 1. The molecule has 2 N–H and O–H groups in total. The Morgan fingerprint density at radius 3 is 2.79 bits per heavy atom. The minimum Gasteiger partial charge on any atom is -0.396 e. The molecule has 0 radical (unpaired) electrons. The molecule has 104 valence electrons. The van der Waals surface area contributed by atoms with Crippen molar-refractivity contribution >= 4 is 39.1 Å². The van der Waals surface area contributed by atoms with Crippen molar-refractivity contribution in [2.75, 3.05) is 22.9 Å². The van der Waals surface area contributed by atoms with Crippen molar-refractivity contribution in [3.8, 4) is 0 Å². The zero-order chi connectivity index (χ0) is 14.2. The summed E-state index contributed by atoms with van der Waals surface area (Å²) in [6, 6.07) is 4.84. The summed E-state index contributed by atoms with van der Waals surface area (Å²) < 4.78 is 33.9. The molecule has 1 heterocycles. The molecule has 8 heteroatoms. The first-order chi connectivity index (χ1) is 8.78. The smallest absolute Gasteiger partial charge is 0.302 e. The second-order valence-corrected chi connectivity index (χ2v) is 6.27.